The minimum atomic E-state index is 0.871. The van der Waals surface area contributed by atoms with Gasteiger partial charge < -0.3 is 10.2 Å². The molecule has 0 radical (unpaired) electrons. The predicted octanol–water partition coefficient (Wildman–Crippen LogP) is 0.0617. The summed E-state index contributed by atoms with van der Waals surface area (Å²) < 4.78 is 0. The smallest absolute Gasteiger partial charge is 0.0235 e. The van der Waals surface area contributed by atoms with E-state index in [0.29, 0.717) is 0 Å². The molecule has 3 saturated heterocycles. The Hall–Kier alpha value is -0.160. The predicted molar refractivity (Wildman–Crippen MR) is 75.0 cm³/mol. The van der Waals surface area contributed by atoms with E-state index >= 15 is 0 Å². The quantitative estimate of drug-likeness (QED) is 0.764. The molecule has 0 spiro atoms. The van der Waals surface area contributed by atoms with Gasteiger partial charge in [0.1, 0.15) is 0 Å². The Morgan fingerprint density at radius 1 is 0.833 bits per heavy atom. The van der Waals surface area contributed by atoms with Gasteiger partial charge in [-0.2, -0.15) is 0 Å². The number of nitrogens with one attached hydrogen (secondary N) is 1. The fraction of sp³-hybridized carbons (Fsp3) is 1.00. The van der Waals surface area contributed by atoms with Crippen LogP contribution in [0.2, 0.25) is 0 Å². The van der Waals surface area contributed by atoms with Crippen molar-refractivity contribution in [3.05, 3.63) is 0 Å². The minimum absolute atomic E-state index is 0.871. The molecule has 104 valence electrons. The molecule has 4 heteroatoms. The molecule has 0 aliphatic carbocycles. The molecule has 0 bridgehead atoms. The summed E-state index contributed by atoms with van der Waals surface area (Å²) >= 11 is 0. The molecule has 3 aliphatic heterocycles. The topological polar surface area (TPSA) is 21.8 Å². The van der Waals surface area contributed by atoms with Gasteiger partial charge in [-0.25, -0.2) is 0 Å². The lowest BCUT2D eigenvalue weighted by Gasteiger charge is -2.29. The van der Waals surface area contributed by atoms with Gasteiger partial charge in [0.05, 0.1) is 0 Å². The first kappa shape index (κ1) is 12.9. The van der Waals surface area contributed by atoms with Gasteiger partial charge in [-0.1, -0.05) is 0 Å². The molecule has 1 unspecified atom stereocenters. The summed E-state index contributed by atoms with van der Waals surface area (Å²) in [5.74, 6) is 0. The Morgan fingerprint density at radius 3 is 2.33 bits per heavy atom. The van der Waals surface area contributed by atoms with Crippen LogP contribution in [0.15, 0.2) is 0 Å². The Bertz CT molecular complexity index is 246. The summed E-state index contributed by atoms with van der Waals surface area (Å²) in [6.07, 6.45) is 4.26. The van der Waals surface area contributed by atoms with E-state index in [1.165, 1.54) is 84.7 Å². The van der Waals surface area contributed by atoms with Gasteiger partial charge in [-0.05, 0) is 38.9 Å². The van der Waals surface area contributed by atoms with Gasteiger partial charge in [0, 0.05) is 51.9 Å². The molecule has 0 aromatic heterocycles. The van der Waals surface area contributed by atoms with Crippen molar-refractivity contribution >= 4 is 0 Å². The summed E-state index contributed by atoms with van der Waals surface area (Å²) in [7, 11) is 0. The van der Waals surface area contributed by atoms with Crippen LogP contribution in [0.5, 0.6) is 0 Å². The van der Waals surface area contributed by atoms with Crippen molar-refractivity contribution in [1.29, 1.82) is 0 Å². The SMILES string of the molecule is C1CCN(C2CCN(CCN3CCNCC3)C2)C1. The zero-order chi connectivity index (χ0) is 12.2. The van der Waals surface area contributed by atoms with E-state index in [4.69, 9.17) is 0 Å². The van der Waals surface area contributed by atoms with Gasteiger partial charge in [0.2, 0.25) is 0 Å². The van der Waals surface area contributed by atoms with Crippen LogP contribution >= 0.6 is 0 Å². The molecule has 18 heavy (non-hydrogen) atoms. The lowest BCUT2D eigenvalue weighted by molar-refractivity contribution is 0.191. The maximum Gasteiger partial charge on any atom is 0.0235 e. The molecular weight excluding hydrogens is 224 g/mol. The second-order valence-electron chi connectivity index (χ2n) is 6.08. The summed E-state index contributed by atoms with van der Waals surface area (Å²) in [5.41, 5.74) is 0. The van der Waals surface area contributed by atoms with E-state index in [-0.39, 0.29) is 0 Å². The minimum Gasteiger partial charge on any atom is -0.314 e. The molecule has 1 N–H and O–H groups in total. The van der Waals surface area contributed by atoms with Crippen LogP contribution in [0.1, 0.15) is 19.3 Å². The van der Waals surface area contributed by atoms with E-state index in [1.54, 1.807) is 0 Å². The maximum absolute atomic E-state index is 3.42. The van der Waals surface area contributed by atoms with Gasteiger partial charge in [0.25, 0.3) is 0 Å². The van der Waals surface area contributed by atoms with Crippen LogP contribution in [0.4, 0.5) is 0 Å². The maximum atomic E-state index is 3.42. The van der Waals surface area contributed by atoms with Gasteiger partial charge in [0.15, 0.2) is 0 Å². The van der Waals surface area contributed by atoms with Crippen LogP contribution in [-0.4, -0.2) is 86.2 Å². The second kappa shape index (κ2) is 6.33. The van der Waals surface area contributed by atoms with Crippen molar-refractivity contribution in [3.8, 4) is 0 Å². The van der Waals surface area contributed by atoms with E-state index in [9.17, 15) is 0 Å². The van der Waals surface area contributed by atoms with Crippen LogP contribution in [-0.2, 0) is 0 Å². The first-order chi connectivity index (χ1) is 8.92. The van der Waals surface area contributed by atoms with Crippen molar-refractivity contribution in [3.63, 3.8) is 0 Å². The zero-order valence-electron chi connectivity index (χ0n) is 11.6. The number of piperazine rings is 1. The molecule has 3 fully saturated rings. The number of hydrogen-bond donors (Lipinski definition) is 1. The Balaban J connectivity index is 1.36. The van der Waals surface area contributed by atoms with Crippen molar-refractivity contribution in [2.24, 2.45) is 0 Å². The molecule has 0 aromatic carbocycles. The number of rotatable bonds is 4. The summed E-state index contributed by atoms with van der Waals surface area (Å²) in [4.78, 5) is 8.02. The number of likely N-dealkylation sites (tertiary alicyclic amines) is 2. The summed E-state index contributed by atoms with van der Waals surface area (Å²) in [5, 5.41) is 3.42. The van der Waals surface area contributed by atoms with Crippen molar-refractivity contribution < 1.29 is 0 Å². The highest BCUT2D eigenvalue weighted by Crippen LogP contribution is 2.20. The second-order valence-corrected chi connectivity index (χ2v) is 6.08. The molecule has 3 heterocycles. The highest BCUT2D eigenvalue weighted by molar-refractivity contribution is 4.86. The average Bonchev–Trinajstić information content (AvgIpc) is 3.08. The third kappa shape index (κ3) is 3.23. The lowest BCUT2D eigenvalue weighted by Crippen LogP contribution is -2.46. The first-order valence-corrected chi connectivity index (χ1v) is 7.81. The van der Waals surface area contributed by atoms with Gasteiger partial charge in [-0.3, -0.25) is 9.80 Å². The number of nitrogens with zero attached hydrogens (tertiary/aromatic N) is 3. The zero-order valence-corrected chi connectivity index (χ0v) is 11.6. The van der Waals surface area contributed by atoms with Crippen LogP contribution in [0.25, 0.3) is 0 Å². The third-order valence-corrected chi connectivity index (χ3v) is 4.85. The summed E-state index contributed by atoms with van der Waals surface area (Å²) in [6.45, 7) is 12.8. The third-order valence-electron chi connectivity index (χ3n) is 4.85. The molecule has 0 amide bonds. The fourth-order valence-electron chi connectivity index (χ4n) is 3.64. The summed E-state index contributed by atoms with van der Waals surface area (Å²) in [6, 6.07) is 0.871. The molecule has 1 atom stereocenters. The molecule has 4 nitrogen and oxygen atoms in total. The van der Waals surface area contributed by atoms with Crippen LogP contribution < -0.4 is 5.32 Å². The Morgan fingerprint density at radius 2 is 1.56 bits per heavy atom. The van der Waals surface area contributed by atoms with Crippen molar-refractivity contribution in [1.82, 2.24) is 20.0 Å². The number of hydrogen-bond acceptors (Lipinski definition) is 4. The van der Waals surface area contributed by atoms with Crippen LogP contribution in [0, 0.1) is 0 Å². The largest absolute Gasteiger partial charge is 0.314 e. The van der Waals surface area contributed by atoms with E-state index < -0.39 is 0 Å². The normalized spacial score (nSPS) is 32.3. The molecule has 3 aliphatic rings. The highest BCUT2D eigenvalue weighted by Gasteiger charge is 2.29. The Kier molecular flexibility index (Phi) is 4.52. The van der Waals surface area contributed by atoms with Crippen molar-refractivity contribution in [2.75, 3.05) is 65.4 Å². The molecule has 0 saturated carbocycles. The Labute approximate surface area is 111 Å². The molecule has 0 aromatic rings. The van der Waals surface area contributed by atoms with E-state index in [0.717, 1.165) is 6.04 Å². The van der Waals surface area contributed by atoms with E-state index in [2.05, 4.69) is 20.0 Å². The highest BCUT2D eigenvalue weighted by atomic mass is 15.3. The first-order valence-electron chi connectivity index (χ1n) is 7.81. The average molecular weight is 252 g/mol. The van der Waals surface area contributed by atoms with Crippen LogP contribution in [0.3, 0.4) is 0 Å². The van der Waals surface area contributed by atoms with Crippen molar-refractivity contribution in [2.45, 2.75) is 25.3 Å². The lowest BCUT2D eigenvalue weighted by atomic mass is 10.2. The molecular formula is C14H28N4. The standard InChI is InChI=1S/C14H28N4/c1-2-7-18(6-1)14-3-8-17(13-14)12-11-16-9-4-15-5-10-16/h14-15H,1-13H2. The monoisotopic (exact) mass is 252 g/mol. The fourth-order valence-corrected chi connectivity index (χ4v) is 3.64. The van der Waals surface area contributed by atoms with Gasteiger partial charge in [-0.15, -0.1) is 0 Å². The van der Waals surface area contributed by atoms with Gasteiger partial charge >= 0.3 is 0 Å². The van der Waals surface area contributed by atoms with E-state index in [1.807, 2.05) is 0 Å². The molecule has 3 rings (SSSR count).